The Labute approximate surface area is 98.9 Å². The molecule has 16 heavy (non-hydrogen) atoms. The van der Waals surface area contributed by atoms with E-state index >= 15 is 0 Å². The number of carbonyl (C=O) groups excluding carboxylic acids is 1. The van der Waals surface area contributed by atoms with E-state index in [9.17, 15) is 4.79 Å². The van der Waals surface area contributed by atoms with Gasteiger partial charge in [0.15, 0.2) is 0 Å². The molecule has 1 radical (unpaired) electrons. The van der Waals surface area contributed by atoms with Crippen molar-refractivity contribution in [2.45, 2.75) is 40.0 Å². The van der Waals surface area contributed by atoms with Crippen LogP contribution in [-0.2, 0) is 17.6 Å². The van der Waals surface area contributed by atoms with E-state index in [1.165, 1.54) is 5.56 Å². The van der Waals surface area contributed by atoms with Crippen molar-refractivity contribution in [1.82, 2.24) is 0 Å². The number of hydrogen-bond acceptors (Lipinski definition) is 1. The zero-order valence-corrected chi connectivity index (χ0v) is 10.5. The molecule has 87 valence electrons. The molecule has 0 aromatic heterocycles. The van der Waals surface area contributed by atoms with Crippen molar-refractivity contribution in [2.24, 2.45) is 5.92 Å². The van der Waals surface area contributed by atoms with Gasteiger partial charge in [-0.25, -0.2) is 0 Å². The van der Waals surface area contributed by atoms with Gasteiger partial charge in [0, 0.05) is 12.8 Å². The highest BCUT2D eigenvalue weighted by molar-refractivity contribution is 5.80. The van der Waals surface area contributed by atoms with E-state index in [0.29, 0.717) is 24.5 Å². The first-order valence-corrected chi connectivity index (χ1v) is 6.04. The summed E-state index contributed by atoms with van der Waals surface area (Å²) >= 11 is 0. The second-order valence-corrected chi connectivity index (χ2v) is 4.57. The smallest absolute Gasteiger partial charge is 0.136 e. The van der Waals surface area contributed by atoms with Crippen molar-refractivity contribution in [3.8, 4) is 0 Å². The third-order valence-corrected chi connectivity index (χ3v) is 2.64. The van der Waals surface area contributed by atoms with E-state index in [0.717, 1.165) is 12.0 Å². The Balaban J connectivity index is 2.51. The van der Waals surface area contributed by atoms with Crippen LogP contribution in [0.25, 0.3) is 0 Å². The van der Waals surface area contributed by atoms with Crippen molar-refractivity contribution < 1.29 is 4.79 Å². The van der Waals surface area contributed by atoms with Crippen LogP contribution in [0.2, 0.25) is 0 Å². The summed E-state index contributed by atoms with van der Waals surface area (Å²) in [5.41, 5.74) is 2.45. The zero-order chi connectivity index (χ0) is 12.0. The molecular formula is C15H21O. The van der Waals surface area contributed by atoms with Crippen LogP contribution in [0.1, 0.15) is 38.3 Å². The molecule has 0 saturated carbocycles. The standard InChI is InChI=1S/C15H21O/c1-4-15(16)11-14-9-7-13(8-10-14)6-5-12(2)3/h5,7-10,12H,4,6,11H2,1-3H3. The van der Waals surface area contributed by atoms with Crippen molar-refractivity contribution in [3.05, 3.63) is 41.8 Å². The molecule has 0 aliphatic carbocycles. The first-order valence-electron chi connectivity index (χ1n) is 6.04. The van der Waals surface area contributed by atoms with E-state index in [1.54, 1.807) is 0 Å². The van der Waals surface area contributed by atoms with Gasteiger partial charge in [0.2, 0.25) is 0 Å². The molecule has 0 spiro atoms. The Bertz CT molecular complexity index is 322. The SMILES string of the molecule is CCC(=O)Cc1ccc(C[CH]C(C)C)cc1. The molecule has 0 unspecified atom stereocenters. The number of Topliss-reactive ketones (excluding diaryl/α,β-unsaturated/α-hetero) is 1. The molecule has 1 nitrogen and oxygen atoms in total. The largest absolute Gasteiger partial charge is 0.299 e. The molecule has 1 aromatic rings. The lowest BCUT2D eigenvalue weighted by molar-refractivity contribution is -0.118. The fraction of sp³-hybridized carbons (Fsp3) is 0.467. The number of rotatable bonds is 6. The quantitative estimate of drug-likeness (QED) is 0.711. The number of benzene rings is 1. The van der Waals surface area contributed by atoms with Crippen LogP contribution in [0.4, 0.5) is 0 Å². The minimum absolute atomic E-state index is 0.307. The summed E-state index contributed by atoms with van der Waals surface area (Å²) in [6, 6.07) is 8.38. The fourth-order valence-corrected chi connectivity index (χ4v) is 1.52. The van der Waals surface area contributed by atoms with Crippen molar-refractivity contribution in [2.75, 3.05) is 0 Å². The van der Waals surface area contributed by atoms with Crippen LogP contribution in [0.3, 0.4) is 0 Å². The monoisotopic (exact) mass is 217 g/mol. The van der Waals surface area contributed by atoms with Gasteiger partial charge >= 0.3 is 0 Å². The maximum Gasteiger partial charge on any atom is 0.136 e. The lowest BCUT2D eigenvalue weighted by atomic mass is 10.0. The molecule has 0 atom stereocenters. The summed E-state index contributed by atoms with van der Waals surface area (Å²) in [6.07, 6.45) is 4.51. The highest BCUT2D eigenvalue weighted by Gasteiger charge is 2.01. The molecule has 1 rings (SSSR count). The molecule has 1 aromatic carbocycles. The second-order valence-electron chi connectivity index (χ2n) is 4.57. The molecule has 0 bridgehead atoms. The predicted molar refractivity (Wildman–Crippen MR) is 68.3 cm³/mol. The van der Waals surface area contributed by atoms with Crippen LogP contribution in [-0.4, -0.2) is 5.78 Å². The molecule has 0 saturated heterocycles. The minimum Gasteiger partial charge on any atom is -0.299 e. The molecule has 0 amide bonds. The average molecular weight is 217 g/mol. The summed E-state index contributed by atoms with van der Waals surface area (Å²) in [5, 5.41) is 0. The lowest BCUT2D eigenvalue weighted by Gasteiger charge is -2.05. The van der Waals surface area contributed by atoms with Crippen LogP contribution in [0.5, 0.6) is 0 Å². The van der Waals surface area contributed by atoms with Gasteiger partial charge in [0.25, 0.3) is 0 Å². The Morgan fingerprint density at radius 2 is 1.75 bits per heavy atom. The second kappa shape index (κ2) is 6.47. The Hall–Kier alpha value is -1.11. The molecule has 0 aliphatic rings. The third-order valence-electron chi connectivity index (χ3n) is 2.64. The fourth-order valence-electron chi connectivity index (χ4n) is 1.52. The van der Waals surface area contributed by atoms with E-state index < -0.39 is 0 Å². The Kier molecular flexibility index (Phi) is 5.24. The highest BCUT2D eigenvalue weighted by atomic mass is 16.1. The summed E-state index contributed by atoms with van der Waals surface area (Å²) in [5.74, 6) is 0.933. The van der Waals surface area contributed by atoms with Crippen LogP contribution in [0.15, 0.2) is 24.3 Å². The molecular weight excluding hydrogens is 196 g/mol. The van der Waals surface area contributed by atoms with Gasteiger partial charge in [-0.2, -0.15) is 0 Å². The van der Waals surface area contributed by atoms with E-state index in [4.69, 9.17) is 0 Å². The molecule has 0 heterocycles. The Morgan fingerprint density at radius 1 is 1.19 bits per heavy atom. The first kappa shape index (κ1) is 13.0. The van der Waals surface area contributed by atoms with Gasteiger partial charge in [0.1, 0.15) is 5.78 Å². The number of hydrogen-bond donors (Lipinski definition) is 0. The van der Waals surface area contributed by atoms with Crippen molar-refractivity contribution in [3.63, 3.8) is 0 Å². The molecule has 0 N–H and O–H groups in total. The van der Waals surface area contributed by atoms with Crippen molar-refractivity contribution >= 4 is 5.78 Å². The van der Waals surface area contributed by atoms with Gasteiger partial charge < -0.3 is 0 Å². The normalized spacial score (nSPS) is 10.8. The van der Waals surface area contributed by atoms with Gasteiger partial charge in [-0.1, -0.05) is 45.0 Å². The van der Waals surface area contributed by atoms with E-state index in [2.05, 4.69) is 44.5 Å². The summed E-state index contributed by atoms with van der Waals surface area (Å²) in [6.45, 7) is 6.29. The lowest BCUT2D eigenvalue weighted by Crippen LogP contribution is -2.00. The number of carbonyl (C=O) groups is 1. The molecule has 1 heteroatoms. The summed E-state index contributed by atoms with van der Waals surface area (Å²) < 4.78 is 0. The third kappa shape index (κ3) is 4.61. The van der Waals surface area contributed by atoms with Crippen LogP contribution in [0, 0.1) is 12.3 Å². The van der Waals surface area contributed by atoms with E-state index in [1.807, 2.05) is 6.92 Å². The van der Waals surface area contributed by atoms with Gasteiger partial charge in [-0.15, -0.1) is 0 Å². The average Bonchev–Trinajstić information content (AvgIpc) is 2.28. The van der Waals surface area contributed by atoms with E-state index in [-0.39, 0.29) is 0 Å². The van der Waals surface area contributed by atoms with Gasteiger partial charge in [-0.05, 0) is 29.9 Å². The van der Waals surface area contributed by atoms with Crippen LogP contribution < -0.4 is 0 Å². The minimum atomic E-state index is 0.307. The first-order chi connectivity index (χ1) is 7.61. The maximum atomic E-state index is 11.3. The van der Waals surface area contributed by atoms with Gasteiger partial charge in [0.05, 0.1) is 0 Å². The predicted octanol–water partition coefficient (Wildman–Crippen LogP) is 3.61. The van der Waals surface area contributed by atoms with Crippen LogP contribution >= 0.6 is 0 Å². The Morgan fingerprint density at radius 3 is 2.25 bits per heavy atom. The number of ketones is 1. The van der Waals surface area contributed by atoms with Crippen molar-refractivity contribution in [1.29, 1.82) is 0 Å². The highest BCUT2D eigenvalue weighted by Crippen LogP contribution is 2.10. The van der Waals surface area contributed by atoms with Gasteiger partial charge in [-0.3, -0.25) is 4.79 Å². The molecule has 0 aliphatic heterocycles. The molecule has 0 fully saturated rings. The summed E-state index contributed by atoms with van der Waals surface area (Å²) in [4.78, 5) is 11.3. The topological polar surface area (TPSA) is 17.1 Å². The maximum absolute atomic E-state index is 11.3. The summed E-state index contributed by atoms with van der Waals surface area (Å²) in [7, 11) is 0. The zero-order valence-electron chi connectivity index (χ0n) is 10.5.